The van der Waals surface area contributed by atoms with Gasteiger partial charge in [0, 0.05) is 6.07 Å². The number of amides is 1. The molecule has 0 spiro atoms. The fourth-order valence-corrected chi connectivity index (χ4v) is 2.49. The molecule has 116 valence electrons. The fourth-order valence-electron chi connectivity index (χ4n) is 1.59. The van der Waals surface area contributed by atoms with Crippen LogP contribution in [0.1, 0.15) is 15.4 Å². The molecule has 2 rings (SSSR count). The Hall–Kier alpha value is -2.48. The first kappa shape index (κ1) is 15.9. The number of benzene rings is 1. The quantitative estimate of drug-likeness (QED) is 0.855. The van der Waals surface area contributed by atoms with Gasteiger partial charge in [0.2, 0.25) is 0 Å². The normalized spacial score (nSPS) is 10.1. The molecule has 0 aliphatic heterocycles. The van der Waals surface area contributed by atoms with E-state index < -0.39 is 17.7 Å². The maximum absolute atomic E-state index is 13.0. The maximum Gasteiger partial charge on any atom is 0.350 e. The fraction of sp³-hybridized carbons (Fsp3) is 0.214. The van der Waals surface area contributed by atoms with E-state index in [4.69, 9.17) is 4.74 Å². The zero-order valence-corrected chi connectivity index (χ0v) is 12.7. The molecule has 1 heterocycles. The predicted molar refractivity (Wildman–Crippen MR) is 78.7 cm³/mol. The summed E-state index contributed by atoms with van der Waals surface area (Å²) in [5.41, 5.74) is 0.471. The molecule has 2 aromatic rings. The Morgan fingerprint density at radius 2 is 2.18 bits per heavy atom. The molecule has 6 nitrogen and oxygen atoms in total. The summed E-state index contributed by atoms with van der Waals surface area (Å²) in [5, 5.41) is 2.78. The smallest absolute Gasteiger partial charge is 0.350 e. The number of aryl methyl sites for hydroxylation is 1. The van der Waals surface area contributed by atoms with Crippen molar-refractivity contribution in [1.82, 2.24) is 4.98 Å². The second kappa shape index (κ2) is 6.99. The largest absolute Gasteiger partial charge is 0.484 e. The van der Waals surface area contributed by atoms with Crippen molar-refractivity contribution < 1.29 is 23.5 Å². The molecule has 1 aromatic heterocycles. The van der Waals surface area contributed by atoms with Gasteiger partial charge in [-0.05, 0) is 19.1 Å². The second-order valence-electron chi connectivity index (χ2n) is 4.22. The number of hydrogen-bond donors (Lipinski definition) is 1. The summed E-state index contributed by atoms with van der Waals surface area (Å²) in [6, 6.07) is 5.48. The first-order valence-corrected chi connectivity index (χ1v) is 7.05. The zero-order valence-electron chi connectivity index (χ0n) is 11.9. The Bertz CT molecular complexity index is 702. The molecule has 8 heteroatoms. The lowest BCUT2D eigenvalue weighted by Crippen LogP contribution is -2.20. The number of hydrogen-bond acceptors (Lipinski definition) is 6. The van der Waals surface area contributed by atoms with Crippen LogP contribution in [0.15, 0.2) is 24.3 Å². The van der Waals surface area contributed by atoms with Gasteiger partial charge < -0.3 is 9.47 Å². The Morgan fingerprint density at radius 1 is 1.41 bits per heavy atom. The van der Waals surface area contributed by atoms with Crippen molar-refractivity contribution in [2.24, 2.45) is 0 Å². The molecule has 0 saturated heterocycles. The molecular weight excluding hydrogens is 311 g/mol. The number of ether oxygens (including phenoxy) is 2. The second-order valence-corrected chi connectivity index (χ2v) is 5.22. The van der Waals surface area contributed by atoms with Crippen LogP contribution in [0.5, 0.6) is 5.75 Å². The summed E-state index contributed by atoms with van der Waals surface area (Å²) < 4.78 is 22.7. The van der Waals surface area contributed by atoms with Crippen molar-refractivity contribution in [2.45, 2.75) is 6.92 Å². The highest BCUT2D eigenvalue weighted by Gasteiger charge is 2.17. The summed E-state index contributed by atoms with van der Waals surface area (Å²) in [6.45, 7) is 1.34. The number of anilines is 1. The average molecular weight is 324 g/mol. The highest BCUT2D eigenvalue weighted by molar-refractivity contribution is 7.17. The lowest BCUT2D eigenvalue weighted by atomic mass is 10.3. The van der Waals surface area contributed by atoms with Gasteiger partial charge in [0.1, 0.15) is 16.4 Å². The Kier molecular flexibility index (Phi) is 5.05. The molecule has 0 aliphatic carbocycles. The standard InChI is InChI=1S/C14H13FN2O4S/c1-8-12(13(19)20-2)22-14(16-8)17-11(18)7-21-10-5-3-4-9(15)6-10/h3-6H,7H2,1-2H3,(H,16,17,18). The van der Waals surface area contributed by atoms with Crippen molar-refractivity contribution in [3.05, 3.63) is 40.7 Å². The van der Waals surface area contributed by atoms with Crippen LogP contribution in [-0.4, -0.2) is 30.6 Å². The summed E-state index contributed by atoms with van der Waals surface area (Å²) in [4.78, 5) is 27.6. The third-order valence-corrected chi connectivity index (χ3v) is 3.63. The van der Waals surface area contributed by atoms with Crippen LogP contribution in [0.4, 0.5) is 9.52 Å². The number of methoxy groups -OCH3 is 1. The number of halogens is 1. The van der Waals surface area contributed by atoms with Crippen molar-refractivity contribution in [2.75, 3.05) is 19.0 Å². The Labute approximate surface area is 129 Å². The minimum absolute atomic E-state index is 0.251. The zero-order chi connectivity index (χ0) is 16.1. The molecule has 0 atom stereocenters. The molecular formula is C14H13FN2O4S. The van der Waals surface area contributed by atoms with E-state index in [9.17, 15) is 14.0 Å². The SMILES string of the molecule is COC(=O)c1sc(NC(=O)COc2cccc(F)c2)nc1C. The molecule has 0 aliphatic rings. The van der Waals surface area contributed by atoms with Gasteiger partial charge in [-0.3, -0.25) is 10.1 Å². The molecule has 0 unspecified atom stereocenters. The molecule has 0 bridgehead atoms. The number of nitrogens with zero attached hydrogens (tertiary/aromatic N) is 1. The van der Waals surface area contributed by atoms with E-state index in [1.54, 1.807) is 13.0 Å². The van der Waals surface area contributed by atoms with E-state index in [1.165, 1.54) is 25.3 Å². The van der Waals surface area contributed by atoms with Crippen LogP contribution >= 0.6 is 11.3 Å². The average Bonchev–Trinajstić information content (AvgIpc) is 2.85. The number of thiazole rings is 1. The summed E-state index contributed by atoms with van der Waals surface area (Å²) in [7, 11) is 1.27. The topological polar surface area (TPSA) is 77.5 Å². The molecule has 1 aromatic carbocycles. The van der Waals surface area contributed by atoms with Gasteiger partial charge in [-0.1, -0.05) is 17.4 Å². The van der Waals surface area contributed by atoms with Gasteiger partial charge in [0.05, 0.1) is 12.8 Å². The van der Waals surface area contributed by atoms with Crippen LogP contribution in [-0.2, 0) is 9.53 Å². The van der Waals surface area contributed by atoms with Crippen LogP contribution < -0.4 is 10.1 Å². The van der Waals surface area contributed by atoms with Gasteiger partial charge in [0.25, 0.3) is 5.91 Å². The number of carbonyl (C=O) groups excluding carboxylic acids is 2. The van der Waals surface area contributed by atoms with E-state index in [0.717, 1.165) is 11.3 Å². The van der Waals surface area contributed by atoms with Crippen LogP contribution in [0.2, 0.25) is 0 Å². The summed E-state index contributed by atoms with van der Waals surface area (Å²) in [6.07, 6.45) is 0. The minimum Gasteiger partial charge on any atom is -0.484 e. The molecule has 0 radical (unpaired) electrons. The van der Waals surface area contributed by atoms with Gasteiger partial charge in [-0.25, -0.2) is 14.2 Å². The third kappa shape index (κ3) is 4.01. The van der Waals surface area contributed by atoms with Crippen molar-refractivity contribution >= 4 is 28.3 Å². The Balaban J connectivity index is 1.93. The van der Waals surface area contributed by atoms with Crippen molar-refractivity contribution in [1.29, 1.82) is 0 Å². The number of carbonyl (C=O) groups is 2. The molecule has 1 amide bonds. The molecule has 22 heavy (non-hydrogen) atoms. The van der Waals surface area contributed by atoms with E-state index in [0.29, 0.717) is 10.6 Å². The van der Waals surface area contributed by atoms with Crippen LogP contribution in [0.25, 0.3) is 0 Å². The predicted octanol–water partition coefficient (Wildman–Crippen LogP) is 2.39. The highest BCUT2D eigenvalue weighted by Crippen LogP contribution is 2.23. The van der Waals surface area contributed by atoms with E-state index >= 15 is 0 Å². The maximum atomic E-state index is 13.0. The molecule has 1 N–H and O–H groups in total. The van der Waals surface area contributed by atoms with Gasteiger partial charge in [0.15, 0.2) is 11.7 Å². The number of aromatic nitrogens is 1. The van der Waals surface area contributed by atoms with Crippen LogP contribution in [0, 0.1) is 12.7 Å². The van der Waals surface area contributed by atoms with Crippen molar-refractivity contribution in [3.8, 4) is 5.75 Å². The molecule has 0 saturated carbocycles. The number of esters is 1. The Morgan fingerprint density at radius 3 is 2.86 bits per heavy atom. The van der Waals surface area contributed by atoms with E-state index in [2.05, 4.69) is 15.0 Å². The molecule has 0 fully saturated rings. The lowest BCUT2D eigenvalue weighted by Gasteiger charge is -2.05. The van der Waals surface area contributed by atoms with E-state index in [-0.39, 0.29) is 17.5 Å². The third-order valence-electron chi connectivity index (χ3n) is 2.58. The van der Waals surface area contributed by atoms with Gasteiger partial charge >= 0.3 is 5.97 Å². The summed E-state index contributed by atoms with van der Waals surface area (Å²) in [5.74, 6) is -1.17. The highest BCUT2D eigenvalue weighted by atomic mass is 32.1. The summed E-state index contributed by atoms with van der Waals surface area (Å²) >= 11 is 1.01. The minimum atomic E-state index is -0.508. The monoisotopic (exact) mass is 324 g/mol. The lowest BCUT2D eigenvalue weighted by molar-refractivity contribution is -0.118. The van der Waals surface area contributed by atoms with Crippen LogP contribution in [0.3, 0.4) is 0 Å². The first-order chi connectivity index (χ1) is 10.5. The number of nitrogens with one attached hydrogen (secondary N) is 1. The number of rotatable bonds is 5. The van der Waals surface area contributed by atoms with E-state index in [1.807, 2.05) is 0 Å². The van der Waals surface area contributed by atoms with Crippen molar-refractivity contribution in [3.63, 3.8) is 0 Å². The first-order valence-electron chi connectivity index (χ1n) is 6.23. The van der Waals surface area contributed by atoms with Gasteiger partial charge in [-0.2, -0.15) is 0 Å². The van der Waals surface area contributed by atoms with Gasteiger partial charge in [-0.15, -0.1) is 0 Å².